The van der Waals surface area contributed by atoms with Crippen molar-refractivity contribution in [3.8, 4) is 0 Å². The van der Waals surface area contributed by atoms with Crippen LogP contribution in [-0.4, -0.2) is 20.8 Å². The summed E-state index contributed by atoms with van der Waals surface area (Å²) < 4.78 is 2.10. The highest BCUT2D eigenvalue weighted by molar-refractivity contribution is 4.86. The first-order valence-electron chi connectivity index (χ1n) is 6.93. The summed E-state index contributed by atoms with van der Waals surface area (Å²) in [5, 5.41) is 11.7. The van der Waals surface area contributed by atoms with Crippen LogP contribution in [0.4, 0.5) is 0 Å². The molecule has 0 aromatic carbocycles. The molecule has 0 radical (unpaired) electrons. The van der Waals surface area contributed by atoms with Gasteiger partial charge in [-0.1, -0.05) is 13.3 Å². The molecule has 1 aromatic heterocycles. The zero-order valence-corrected chi connectivity index (χ0v) is 11.0. The molecule has 0 saturated heterocycles. The van der Waals surface area contributed by atoms with E-state index in [1.54, 1.807) is 0 Å². The SMILES string of the molecule is CCC1CCC(NCc2nncn2CC)CC1. The quantitative estimate of drug-likeness (QED) is 0.853. The molecular weight excluding hydrogens is 212 g/mol. The van der Waals surface area contributed by atoms with Crippen LogP contribution < -0.4 is 5.32 Å². The minimum Gasteiger partial charge on any atom is -0.317 e. The molecule has 1 fully saturated rings. The second kappa shape index (κ2) is 6.15. The van der Waals surface area contributed by atoms with Gasteiger partial charge in [-0.25, -0.2) is 0 Å². The van der Waals surface area contributed by atoms with Gasteiger partial charge in [-0.2, -0.15) is 0 Å². The molecule has 1 saturated carbocycles. The van der Waals surface area contributed by atoms with Crippen molar-refractivity contribution in [1.82, 2.24) is 20.1 Å². The molecule has 0 atom stereocenters. The minimum atomic E-state index is 0.680. The van der Waals surface area contributed by atoms with E-state index in [9.17, 15) is 0 Å². The van der Waals surface area contributed by atoms with Gasteiger partial charge in [0.25, 0.3) is 0 Å². The van der Waals surface area contributed by atoms with Crippen LogP contribution in [-0.2, 0) is 13.1 Å². The van der Waals surface area contributed by atoms with Gasteiger partial charge in [0.2, 0.25) is 0 Å². The average Bonchev–Trinajstić information content (AvgIpc) is 2.84. The summed E-state index contributed by atoms with van der Waals surface area (Å²) in [5.41, 5.74) is 0. The highest BCUT2D eigenvalue weighted by Gasteiger charge is 2.19. The zero-order chi connectivity index (χ0) is 12.1. The summed E-state index contributed by atoms with van der Waals surface area (Å²) in [6.45, 7) is 6.24. The largest absolute Gasteiger partial charge is 0.317 e. The van der Waals surface area contributed by atoms with Crippen LogP contribution in [0.25, 0.3) is 0 Å². The first-order valence-corrected chi connectivity index (χ1v) is 6.93. The van der Waals surface area contributed by atoms with E-state index >= 15 is 0 Å². The van der Waals surface area contributed by atoms with Crippen LogP contribution in [0, 0.1) is 5.92 Å². The van der Waals surface area contributed by atoms with Crippen LogP contribution >= 0.6 is 0 Å². The maximum absolute atomic E-state index is 4.15. The number of nitrogens with one attached hydrogen (secondary N) is 1. The van der Waals surface area contributed by atoms with Crippen molar-refractivity contribution in [2.75, 3.05) is 0 Å². The van der Waals surface area contributed by atoms with E-state index in [4.69, 9.17) is 0 Å². The Morgan fingerprint density at radius 1 is 1.29 bits per heavy atom. The Morgan fingerprint density at radius 3 is 2.71 bits per heavy atom. The molecular formula is C13H24N4. The fourth-order valence-corrected chi connectivity index (χ4v) is 2.69. The van der Waals surface area contributed by atoms with Gasteiger partial charge in [0, 0.05) is 12.6 Å². The molecule has 1 aliphatic rings. The number of rotatable bonds is 5. The fourth-order valence-electron chi connectivity index (χ4n) is 2.69. The molecule has 96 valence electrons. The van der Waals surface area contributed by atoms with E-state index in [0.29, 0.717) is 6.04 Å². The molecule has 1 heterocycles. The monoisotopic (exact) mass is 236 g/mol. The Kier molecular flexibility index (Phi) is 4.54. The Balaban J connectivity index is 1.76. The lowest BCUT2D eigenvalue weighted by Crippen LogP contribution is -2.33. The number of aryl methyl sites for hydroxylation is 1. The molecule has 4 heteroatoms. The number of hydrogen-bond acceptors (Lipinski definition) is 3. The maximum atomic E-state index is 4.15. The number of hydrogen-bond donors (Lipinski definition) is 1. The summed E-state index contributed by atoms with van der Waals surface area (Å²) in [4.78, 5) is 0. The van der Waals surface area contributed by atoms with Gasteiger partial charge in [-0.05, 0) is 38.5 Å². The lowest BCUT2D eigenvalue weighted by atomic mass is 9.84. The molecule has 1 N–H and O–H groups in total. The molecule has 0 unspecified atom stereocenters. The third-order valence-electron chi connectivity index (χ3n) is 4.01. The van der Waals surface area contributed by atoms with Crippen molar-refractivity contribution in [3.05, 3.63) is 12.2 Å². The van der Waals surface area contributed by atoms with Gasteiger partial charge in [-0.3, -0.25) is 0 Å². The lowest BCUT2D eigenvalue weighted by Gasteiger charge is -2.28. The predicted octanol–water partition coefficient (Wildman–Crippen LogP) is 2.36. The third kappa shape index (κ3) is 3.28. The van der Waals surface area contributed by atoms with Crippen molar-refractivity contribution in [2.24, 2.45) is 5.92 Å². The topological polar surface area (TPSA) is 42.7 Å². The summed E-state index contributed by atoms with van der Waals surface area (Å²) in [7, 11) is 0. The molecule has 0 aliphatic heterocycles. The first kappa shape index (κ1) is 12.6. The lowest BCUT2D eigenvalue weighted by molar-refractivity contribution is 0.283. The van der Waals surface area contributed by atoms with E-state index in [2.05, 4.69) is 33.9 Å². The van der Waals surface area contributed by atoms with Gasteiger partial charge >= 0.3 is 0 Å². The number of aromatic nitrogens is 3. The van der Waals surface area contributed by atoms with E-state index in [1.165, 1.54) is 32.1 Å². The van der Waals surface area contributed by atoms with Gasteiger partial charge < -0.3 is 9.88 Å². The molecule has 1 aliphatic carbocycles. The van der Waals surface area contributed by atoms with Crippen molar-refractivity contribution in [1.29, 1.82) is 0 Å². The summed E-state index contributed by atoms with van der Waals surface area (Å²) in [5.74, 6) is 2.03. The molecule has 0 bridgehead atoms. The van der Waals surface area contributed by atoms with Crippen molar-refractivity contribution in [2.45, 2.75) is 65.1 Å². The third-order valence-corrected chi connectivity index (χ3v) is 4.01. The maximum Gasteiger partial charge on any atom is 0.146 e. The summed E-state index contributed by atoms with van der Waals surface area (Å²) in [6, 6.07) is 0.680. The van der Waals surface area contributed by atoms with Gasteiger partial charge in [-0.15, -0.1) is 10.2 Å². The molecule has 2 rings (SSSR count). The Bertz CT molecular complexity index is 326. The van der Waals surface area contributed by atoms with Crippen molar-refractivity contribution < 1.29 is 0 Å². The Morgan fingerprint density at radius 2 is 2.06 bits per heavy atom. The fraction of sp³-hybridized carbons (Fsp3) is 0.846. The Hall–Kier alpha value is -0.900. The molecule has 4 nitrogen and oxygen atoms in total. The highest BCUT2D eigenvalue weighted by Crippen LogP contribution is 2.26. The highest BCUT2D eigenvalue weighted by atomic mass is 15.3. The molecule has 0 spiro atoms. The summed E-state index contributed by atoms with van der Waals surface area (Å²) in [6.07, 6.45) is 8.56. The standard InChI is InChI=1S/C13H24N4/c1-3-11-5-7-12(8-6-11)14-9-13-16-15-10-17(13)4-2/h10-12,14H,3-9H2,1-2H3. The van der Waals surface area contributed by atoms with Gasteiger partial charge in [0.1, 0.15) is 12.2 Å². The molecule has 0 amide bonds. The predicted molar refractivity (Wildman–Crippen MR) is 68.6 cm³/mol. The van der Waals surface area contributed by atoms with Crippen molar-refractivity contribution in [3.63, 3.8) is 0 Å². The smallest absolute Gasteiger partial charge is 0.146 e. The van der Waals surface area contributed by atoms with Crippen LogP contribution in [0.1, 0.15) is 51.8 Å². The Labute approximate surface area is 104 Å². The van der Waals surface area contributed by atoms with Gasteiger partial charge in [0.15, 0.2) is 0 Å². The van der Waals surface area contributed by atoms with Gasteiger partial charge in [0.05, 0.1) is 6.54 Å². The van der Waals surface area contributed by atoms with Crippen LogP contribution in [0.3, 0.4) is 0 Å². The summed E-state index contributed by atoms with van der Waals surface area (Å²) >= 11 is 0. The van der Waals surface area contributed by atoms with E-state index in [1.807, 2.05) is 6.33 Å². The van der Waals surface area contributed by atoms with Crippen molar-refractivity contribution >= 4 is 0 Å². The van der Waals surface area contributed by atoms with E-state index in [-0.39, 0.29) is 0 Å². The van der Waals surface area contributed by atoms with Crippen LogP contribution in [0.5, 0.6) is 0 Å². The van der Waals surface area contributed by atoms with Crippen LogP contribution in [0.2, 0.25) is 0 Å². The van der Waals surface area contributed by atoms with E-state index in [0.717, 1.165) is 24.8 Å². The van der Waals surface area contributed by atoms with Crippen LogP contribution in [0.15, 0.2) is 6.33 Å². The average molecular weight is 236 g/mol. The molecule has 17 heavy (non-hydrogen) atoms. The number of nitrogens with zero attached hydrogens (tertiary/aromatic N) is 3. The minimum absolute atomic E-state index is 0.680. The van der Waals surface area contributed by atoms with E-state index < -0.39 is 0 Å². The first-order chi connectivity index (χ1) is 8.33. The second-order valence-corrected chi connectivity index (χ2v) is 5.04. The zero-order valence-electron chi connectivity index (χ0n) is 11.0. The second-order valence-electron chi connectivity index (χ2n) is 5.04. The molecule has 1 aromatic rings. The normalized spacial score (nSPS) is 25.1.